The zero-order valence-corrected chi connectivity index (χ0v) is 13.8. The van der Waals surface area contributed by atoms with Gasteiger partial charge in [-0.25, -0.2) is 4.98 Å². The average molecular weight is 329 g/mol. The fourth-order valence-electron chi connectivity index (χ4n) is 3.71. The molecule has 0 saturated carbocycles. The van der Waals surface area contributed by atoms with Crippen molar-refractivity contribution in [2.75, 3.05) is 19.6 Å². The van der Waals surface area contributed by atoms with Gasteiger partial charge in [-0.3, -0.25) is 4.90 Å². The van der Waals surface area contributed by atoms with Gasteiger partial charge in [0.15, 0.2) is 0 Å². The molecule has 4 nitrogen and oxygen atoms in total. The minimum atomic E-state index is 0. The lowest BCUT2D eigenvalue weighted by Gasteiger charge is -2.22. The molecule has 4 rings (SSSR count). The highest BCUT2D eigenvalue weighted by Gasteiger charge is 2.37. The van der Waals surface area contributed by atoms with Crippen LogP contribution in [-0.2, 0) is 6.54 Å². The van der Waals surface area contributed by atoms with Crippen LogP contribution in [0.4, 0.5) is 0 Å². The molecule has 21 heavy (non-hydrogen) atoms. The predicted molar refractivity (Wildman–Crippen MR) is 89.6 cm³/mol. The number of nitrogens with one attached hydrogen (secondary N) is 1. The van der Waals surface area contributed by atoms with Crippen LogP contribution in [0, 0.1) is 12.8 Å². The van der Waals surface area contributed by atoms with Crippen LogP contribution in [0.15, 0.2) is 24.4 Å². The molecule has 2 aromatic rings. The van der Waals surface area contributed by atoms with Crippen LogP contribution in [0.5, 0.6) is 0 Å². The Labute approximate surface area is 137 Å². The second-order valence-electron chi connectivity index (χ2n) is 5.81. The minimum absolute atomic E-state index is 0. The Morgan fingerprint density at radius 2 is 2.14 bits per heavy atom. The Kier molecular flexibility index (Phi) is 5.15. The van der Waals surface area contributed by atoms with Gasteiger partial charge in [-0.15, -0.1) is 24.8 Å². The third-order valence-corrected chi connectivity index (χ3v) is 4.71. The summed E-state index contributed by atoms with van der Waals surface area (Å²) < 4.78 is 2.19. The predicted octanol–water partition coefficient (Wildman–Crippen LogP) is 2.28. The fourth-order valence-corrected chi connectivity index (χ4v) is 3.71. The van der Waals surface area contributed by atoms with Crippen molar-refractivity contribution in [3.8, 4) is 0 Å². The van der Waals surface area contributed by atoms with Gasteiger partial charge in [0.05, 0.1) is 11.2 Å². The molecule has 2 saturated heterocycles. The molecule has 116 valence electrons. The minimum Gasteiger partial charge on any atom is -0.315 e. The van der Waals surface area contributed by atoms with Gasteiger partial charge >= 0.3 is 0 Å². The van der Waals surface area contributed by atoms with Crippen LogP contribution in [0.2, 0.25) is 0 Å². The number of pyridine rings is 1. The summed E-state index contributed by atoms with van der Waals surface area (Å²) >= 11 is 0. The van der Waals surface area contributed by atoms with Crippen LogP contribution in [-0.4, -0.2) is 40.0 Å². The number of fused-ring (bicyclic) bond motifs is 2. The van der Waals surface area contributed by atoms with E-state index in [2.05, 4.69) is 45.9 Å². The van der Waals surface area contributed by atoms with E-state index in [1.807, 2.05) is 0 Å². The molecule has 0 aliphatic carbocycles. The summed E-state index contributed by atoms with van der Waals surface area (Å²) in [5, 5.41) is 3.52. The number of aromatic nitrogens is 2. The molecule has 1 N–H and O–H groups in total. The molecule has 0 aromatic carbocycles. The third-order valence-electron chi connectivity index (χ3n) is 4.71. The molecule has 6 heteroatoms. The standard InChI is InChI=1S/C15H20N4.2ClH/c1-11-17-13(14-4-2-3-6-19(11)14)10-18-7-5-12-8-16-9-15(12)18;;/h2-4,6,12,15-16H,5,7-10H2,1H3;2*1H/t12-,15+;;/m0../s1. The highest BCUT2D eigenvalue weighted by molar-refractivity contribution is 5.85. The second-order valence-corrected chi connectivity index (χ2v) is 5.81. The molecule has 0 amide bonds. The molecule has 2 aromatic heterocycles. The second kappa shape index (κ2) is 6.53. The number of likely N-dealkylation sites (tertiary alicyclic amines) is 1. The first-order valence-corrected chi connectivity index (χ1v) is 7.20. The smallest absolute Gasteiger partial charge is 0.110 e. The normalized spacial score (nSPS) is 24.6. The lowest BCUT2D eigenvalue weighted by molar-refractivity contribution is 0.242. The van der Waals surface area contributed by atoms with E-state index in [-0.39, 0.29) is 24.8 Å². The summed E-state index contributed by atoms with van der Waals surface area (Å²) in [5.74, 6) is 1.95. The lowest BCUT2D eigenvalue weighted by Crippen LogP contribution is -2.33. The first kappa shape index (κ1) is 16.6. The number of nitrogens with zero attached hydrogens (tertiary/aromatic N) is 3. The van der Waals surface area contributed by atoms with Crippen molar-refractivity contribution in [3.63, 3.8) is 0 Å². The van der Waals surface area contributed by atoms with Crippen molar-refractivity contribution in [1.82, 2.24) is 19.6 Å². The monoisotopic (exact) mass is 328 g/mol. The lowest BCUT2D eigenvalue weighted by atomic mass is 10.1. The largest absolute Gasteiger partial charge is 0.315 e. The zero-order valence-electron chi connectivity index (χ0n) is 12.2. The molecule has 2 atom stereocenters. The van der Waals surface area contributed by atoms with Crippen LogP contribution < -0.4 is 5.32 Å². The maximum Gasteiger partial charge on any atom is 0.110 e. The summed E-state index contributed by atoms with van der Waals surface area (Å²) in [7, 11) is 0. The molecular weight excluding hydrogens is 307 g/mol. The van der Waals surface area contributed by atoms with Gasteiger partial charge in [0.1, 0.15) is 5.82 Å². The number of hydrogen-bond acceptors (Lipinski definition) is 3. The van der Waals surface area contributed by atoms with Crippen molar-refractivity contribution in [3.05, 3.63) is 35.9 Å². The maximum absolute atomic E-state index is 4.77. The number of halogens is 2. The van der Waals surface area contributed by atoms with Crippen molar-refractivity contribution >= 4 is 30.3 Å². The average Bonchev–Trinajstić information content (AvgIpc) is 3.09. The number of hydrogen-bond donors (Lipinski definition) is 1. The van der Waals surface area contributed by atoms with Crippen LogP contribution in [0.1, 0.15) is 17.9 Å². The van der Waals surface area contributed by atoms with Gasteiger partial charge in [0, 0.05) is 25.3 Å². The van der Waals surface area contributed by atoms with Gasteiger partial charge in [-0.05, 0) is 44.5 Å². The molecule has 2 aliphatic heterocycles. The third kappa shape index (κ3) is 2.78. The topological polar surface area (TPSA) is 32.6 Å². The van der Waals surface area contributed by atoms with E-state index < -0.39 is 0 Å². The highest BCUT2D eigenvalue weighted by atomic mass is 35.5. The summed E-state index contributed by atoms with van der Waals surface area (Å²) in [6, 6.07) is 7.07. The van der Waals surface area contributed by atoms with Crippen molar-refractivity contribution in [1.29, 1.82) is 0 Å². The Morgan fingerprint density at radius 3 is 3.00 bits per heavy atom. The van der Waals surface area contributed by atoms with E-state index in [1.165, 1.54) is 30.7 Å². The first-order valence-electron chi connectivity index (χ1n) is 7.20. The quantitative estimate of drug-likeness (QED) is 0.918. The van der Waals surface area contributed by atoms with Gasteiger partial charge in [0.25, 0.3) is 0 Å². The molecule has 0 bridgehead atoms. The molecule has 0 unspecified atom stereocenters. The molecule has 4 heterocycles. The Balaban J connectivity index is 0.000000807. The zero-order chi connectivity index (χ0) is 12.8. The fraction of sp³-hybridized carbons (Fsp3) is 0.533. The van der Waals surface area contributed by atoms with Gasteiger partial charge in [-0.1, -0.05) is 6.07 Å². The van der Waals surface area contributed by atoms with Crippen LogP contribution in [0.3, 0.4) is 0 Å². The van der Waals surface area contributed by atoms with E-state index in [1.54, 1.807) is 0 Å². The maximum atomic E-state index is 4.77. The number of aryl methyl sites for hydroxylation is 1. The Morgan fingerprint density at radius 1 is 1.29 bits per heavy atom. The van der Waals surface area contributed by atoms with Gasteiger partial charge in [-0.2, -0.15) is 0 Å². The van der Waals surface area contributed by atoms with Crippen molar-refractivity contribution in [2.24, 2.45) is 5.92 Å². The summed E-state index contributed by atoms with van der Waals surface area (Å²) in [4.78, 5) is 7.38. The summed E-state index contributed by atoms with van der Waals surface area (Å²) in [5.41, 5.74) is 2.49. The molecular formula is C15H22Cl2N4. The summed E-state index contributed by atoms with van der Waals surface area (Å²) in [6.07, 6.45) is 3.44. The SMILES string of the molecule is Cc1nc(CN2CC[C@H]3CNC[C@H]32)c2ccccn12.Cl.Cl. The highest BCUT2D eigenvalue weighted by Crippen LogP contribution is 2.29. The van der Waals surface area contributed by atoms with E-state index in [4.69, 9.17) is 4.98 Å². The van der Waals surface area contributed by atoms with Crippen molar-refractivity contribution in [2.45, 2.75) is 25.9 Å². The van der Waals surface area contributed by atoms with Crippen LogP contribution >= 0.6 is 24.8 Å². The molecule has 0 spiro atoms. The van der Waals surface area contributed by atoms with E-state index >= 15 is 0 Å². The van der Waals surface area contributed by atoms with E-state index in [0.29, 0.717) is 0 Å². The van der Waals surface area contributed by atoms with Crippen molar-refractivity contribution < 1.29 is 0 Å². The van der Waals surface area contributed by atoms with E-state index in [9.17, 15) is 0 Å². The Hall–Kier alpha value is -0.810. The van der Waals surface area contributed by atoms with Crippen LogP contribution in [0.25, 0.3) is 5.52 Å². The number of imidazole rings is 1. The Bertz CT molecular complexity index is 613. The van der Waals surface area contributed by atoms with E-state index in [0.717, 1.165) is 30.9 Å². The summed E-state index contributed by atoms with van der Waals surface area (Å²) in [6.45, 7) is 6.64. The van der Waals surface area contributed by atoms with Gasteiger partial charge < -0.3 is 9.72 Å². The first-order chi connectivity index (χ1) is 9.33. The molecule has 2 fully saturated rings. The molecule has 2 aliphatic rings. The van der Waals surface area contributed by atoms with Gasteiger partial charge in [0.2, 0.25) is 0 Å². The number of rotatable bonds is 2. The molecule has 0 radical (unpaired) electrons.